The molecule has 0 unspecified atom stereocenters. The van der Waals surface area contributed by atoms with E-state index in [-0.39, 0.29) is 35.4 Å². The first-order chi connectivity index (χ1) is 18.5. The van der Waals surface area contributed by atoms with E-state index in [0.717, 1.165) is 12.1 Å². The summed E-state index contributed by atoms with van der Waals surface area (Å²) in [6.45, 7) is 1.62. The predicted octanol–water partition coefficient (Wildman–Crippen LogP) is 9.96. The second-order valence-corrected chi connectivity index (χ2v) is 8.90. The minimum absolute atomic E-state index is 0.0303. The molecule has 0 N–H and O–H groups in total. The van der Waals surface area contributed by atoms with Crippen LogP contribution < -0.4 is 4.74 Å². The quantitative estimate of drug-likeness (QED) is 0.208. The van der Waals surface area contributed by atoms with Gasteiger partial charge in [0.1, 0.15) is 51.8 Å². The Morgan fingerprint density at radius 3 is 1.62 bits per heavy atom. The molecule has 0 saturated carbocycles. The summed E-state index contributed by atoms with van der Waals surface area (Å²) >= 11 is 6.09. The molecule has 0 atom stereocenters. The first-order valence-corrected chi connectivity index (χ1v) is 11.3. The lowest BCUT2D eigenvalue weighted by Gasteiger charge is -2.21. The maximum atomic E-state index is 15.0. The zero-order valence-electron chi connectivity index (χ0n) is 19.6. The van der Waals surface area contributed by atoms with Crippen molar-refractivity contribution in [3.05, 3.63) is 111 Å². The molecule has 1 nitrogen and oxygen atoms in total. The molecule has 0 bridgehead atoms. The number of halogens is 12. The first kappa shape index (κ1) is 29.2. The average molecular weight is 597 g/mol. The molecule has 13 heteroatoms. The second-order valence-electron chi connectivity index (χ2n) is 8.49. The van der Waals surface area contributed by atoms with Crippen LogP contribution in [0.4, 0.5) is 48.3 Å². The predicted molar refractivity (Wildman–Crippen MR) is 123 cm³/mol. The lowest BCUT2D eigenvalue weighted by molar-refractivity contribution is -0.189. The number of alkyl halides is 5. The van der Waals surface area contributed by atoms with Crippen molar-refractivity contribution in [3.8, 4) is 28.0 Å². The summed E-state index contributed by atoms with van der Waals surface area (Å²) in [6, 6.07) is 6.01. The molecule has 0 aliphatic heterocycles. The molecule has 0 aliphatic carbocycles. The number of hydrogen-bond acceptors (Lipinski definition) is 1. The monoisotopic (exact) mass is 596 g/mol. The average Bonchev–Trinajstić information content (AvgIpc) is 2.76. The molecule has 0 fully saturated rings. The zero-order valence-corrected chi connectivity index (χ0v) is 20.4. The Kier molecular flexibility index (Phi) is 7.52. The van der Waals surface area contributed by atoms with E-state index in [0.29, 0.717) is 5.56 Å². The number of hydrogen-bond donors (Lipinski definition) is 0. The Bertz CT molecular complexity index is 1560. The molecule has 4 aromatic carbocycles. The Labute approximate surface area is 223 Å². The molecular formula is C27H12ClF11O. The smallest absolute Gasteiger partial charge is 0.429 e. The summed E-state index contributed by atoms with van der Waals surface area (Å²) < 4.78 is 158. The molecule has 4 aromatic rings. The molecule has 0 saturated heterocycles. The summed E-state index contributed by atoms with van der Waals surface area (Å²) in [5, 5.41) is -0.458. The fourth-order valence-electron chi connectivity index (χ4n) is 3.93. The highest BCUT2D eigenvalue weighted by molar-refractivity contribution is 6.33. The summed E-state index contributed by atoms with van der Waals surface area (Å²) in [6.07, 6.45) is -10.5. The van der Waals surface area contributed by atoms with Gasteiger partial charge in [-0.1, -0.05) is 23.7 Å². The van der Waals surface area contributed by atoms with Crippen molar-refractivity contribution in [2.24, 2.45) is 0 Å². The number of aryl methyl sites for hydroxylation is 1. The molecule has 0 aliphatic rings. The van der Waals surface area contributed by atoms with Gasteiger partial charge in [-0.15, -0.1) is 0 Å². The molecule has 0 aromatic heterocycles. The van der Waals surface area contributed by atoms with Crippen LogP contribution >= 0.6 is 11.6 Å². The van der Waals surface area contributed by atoms with E-state index in [9.17, 15) is 48.3 Å². The Morgan fingerprint density at radius 1 is 0.600 bits per heavy atom. The van der Waals surface area contributed by atoms with Crippen LogP contribution in [0.5, 0.6) is 5.75 Å². The van der Waals surface area contributed by atoms with Crippen LogP contribution in [-0.2, 0) is 12.3 Å². The van der Waals surface area contributed by atoms with Gasteiger partial charge in [0.25, 0.3) is 0 Å². The molecule has 0 radical (unpaired) electrons. The second kappa shape index (κ2) is 10.3. The Hall–Kier alpha value is -3.80. The third-order valence-electron chi connectivity index (χ3n) is 5.64. The highest BCUT2D eigenvalue weighted by atomic mass is 35.5. The van der Waals surface area contributed by atoms with E-state index < -0.39 is 80.2 Å². The van der Waals surface area contributed by atoms with Crippen LogP contribution in [0.25, 0.3) is 22.3 Å². The van der Waals surface area contributed by atoms with Crippen molar-refractivity contribution < 1.29 is 53.0 Å². The summed E-state index contributed by atoms with van der Waals surface area (Å²) in [5.41, 5.74) is -5.26. The number of benzene rings is 4. The van der Waals surface area contributed by atoms with Crippen LogP contribution in [0.3, 0.4) is 0 Å². The molecule has 210 valence electrons. The third kappa shape index (κ3) is 5.58. The molecule has 40 heavy (non-hydrogen) atoms. The van der Waals surface area contributed by atoms with E-state index in [1.807, 2.05) is 0 Å². The van der Waals surface area contributed by atoms with E-state index in [1.54, 1.807) is 6.92 Å². The van der Waals surface area contributed by atoms with Crippen LogP contribution in [-0.4, -0.2) is 0 Å². The van der Waals surface area contributed by atoms with Crippen LogP contribution in [0.1, 0.15) is 16.7 Å². The van der Waals surface area contributed by atoms with Gasteiger partial charge in [0.2, 0.25) is 0 Å². The van der Waals surface area contributed by atoms with Gasteiger partial charge in [0.15, 0.2) is 0 Å². The van der Waals surface area contributed by atoms with Gasteiger partial charge in [0, 0.05) is 23.3 Å². The summed E-state index contributed by atoms with van der Waals surface area (Å²) in [7, 11) is 0. The highest BCUT2D eigenvalue weighted by Crippen LogP contribution is 2.42. The van der Waals surface area contributed by atoms with Crippen molar-refractivity contribution in [2.45, 2.75) is 19.2 Å². The van der Waals surface area contributed by atoms with Gasteiger partial charge >= 0.3 is 12.3 Å². The van der Waals surface area contributed by atoms with E-state index >= 15 is 0 Å². The lowest BCUT2D eigenvalue weighted by Crippen LogP contribution is -2.25. The Morgan fingerprint density at radius 2 is 1.12 bits per heavy atom. The molecule has 0 heterocycles. The highest BCUT2D eigenvalue weighted by Gasteiger charge is 2.43. The molecule has 0 spiro atoms. The topological polar surface area (TPSA) is 9.23 Å². The van der Waals surface area contributed by atoms with Crippen molar-refractivity contribution in [1.82, 2.24) is 0 Å². The van der Waals surface area contributed by atoms with Crippen LogP contribution in [0.15, 0.2) is 54.6 Å². The van der Waals surface area contributed by atoms with Crippen molar-refractivity contribution in [1.29, 1.82) is 0 Å². The Balaban J connectivity index is 1.71. The maximum Gasteiger partial charge on any atom is 0.432 e. The van der Waals surface area contributed by atoms with E-state index in [2.05, 4.69) is 4.74 Å². The SMILES string of the molecule is Cc1ccc(-c2cc(F)c(-c3cc(F)c(C(F)(F)Oc4cc(F)c(C(F)(F)F)c(F)c4)c(F)c3)c(Cl)c2)c(F)c1. The van der Waals surface area contributed by atoms with Crippen molar-refractivity contribution in [2.75, 3.05) is 0 Å². The maximum absolute atomic E-state index is 15.0. The van der Waals surface area contributed by atoms with Crippen LogP contribution in [0.2, 0.25) is 5.02 Å². The van der Waals surface area contributed by atoms with Gasteiger partial charge < -0.3 is 4.74 Å². The lowest BCUT2D eigenvalue weighted by atomic mass is 9.97. The number of ether oxygens (including phenoxy) is 1. The minimum atomic E-state index is -5.51. The van der Waals surface area contributed by atoms with Gasteiger partial charge in [-0.2, -0.15) is 22.0 Å². The summed E-state index contributed by atoms with van der Waals surface area (Å²) in [5.74, 6) is -12.1. The van der Waals surface area contributed by atoms with E-state index in [4.69, 9.17) is 11.6 Å². The first-order valence-electron chi connectivity index (χ1n) is 10.9. The van der Waals surface area contributed by atoms with Gasteiger partial charge in [-0.05, 0) is 53.9 Å². The zero-order chi connectivity index (χ0) is 29.7. The summed E-state index contributed by atoms with van der Waals surface area (Å²) in [4.78, 5) is 0. The third-order valence-corrected chi connectivity index (χ3v) is 5.94. The number of rotatable bonds is 5. The van der Waals surface area contributed by atoms with Crippen molar-refractivity contribution in [3.63, 3.8) is 0 Å². The molecule has 0 amide bonds. The molecule has 4 rings (SSSR count). The fraction of sp³-hybridized carbons (Fsp3) is 0.111. The molecular weight excluding hydrogens is 585 g/mol. The largest absolute Gasteiger partial charge is 0.432 e. The van der Waals surface area contributed by atoms with Gasteiger partial charge in [0.05, 0.1) is 5.02 Å². The fourth-order valence-corrected chi connectivity index (χ4v) is 4.25. The van der Waals surface area contributed by atoms with Crippen molar-refractivity contribution >= 4 is 11.6 Å². The van der Waals surface area contributed by atoms with E-state index in [1.165, 1.54) is 18.2 Å². The van der Waals surface area contributed by atoms with Crippen LogP contribution in [0, 0.1) is 41.8 Å². The van der Waals surface area contributed by atoms with Gasteiger partial charge in [-0.3, -0.25) is 0 Å². The van der Waals surface area contributed by atoms with Gasteiger partial charge in [-0.25, -0.2) is 26.3 Å². The normalized spacial score (nSPS) is 12.1. The standard InChI is InChI=1S/C27H12ClF11O/c1-11-2-3-15(17(29)4-11)12-5-16(28)23(18(30)6-12)13-7-19(31)25(20(32)8-13)27(38,39)40-14-9-21(33)24(22(34)10-14)26(35,36)37/h2-10H,1H3. The minimum Gasteiger partial charge on any atom is -0.429 e.